The molecule has 4 heteroatoms. The quantitative estimate of drug-likeness (QED) is 0.758. The van der Waals surface area contributed by atoms with Crippen LogP contribution in [0.3, 0.4) is 0 Å². The van der Waals surface area contributed by atoms with Gasteiger partial charge in [0.1, 0.15) is 0 Å². The van der Waals surface area contributed by atoms with Crippen molar-refractivity contribution in [1.29, 1.82) is 0 Å². The first kappa shape index (κ1) is 19.6. The Hall–Kier alpha value is -0.160. The van der Waals surface area contributed by atoms with Gasteiger partial charge in [0.2, 0.25) is 0 Å². The van der Waals surface area contributed by atoms with Crippen LogP contribution in [-0.2, 0) is 4.74 Å². The van der Waals surface area contributed by atoms with E-state index in [0.29, 0.717) is 11.0 Å². The van der Waals surface area contributed by atoms with Gasteiger partial charge in [0.15, 0.2) is 0 Å². The molecule has 25 heavy (non-hydrogen) atoms. The van der Waals surface area contributed by atoms with Gasteiger partial charge >= 0.3 is 0 Å². The molecule has 0 aromatic heterocycles. The third-order valence-corrected chi connectivity index (χ3v) is 6.29. The maximum Gasteiger partial charge on any atom is 0.0600 e. The first-order chi connectivity index (χ1) is 11.5. The Morgan fingerprint density at radius 2 is 1.48 bits per heavy atom. The number of ether oxygens (including phenoxy) is 1. The summed E-state index contributed by atoms with van der Waals surface area (Å²) in [6, 6.07) is 0. The molecule has 146 valence electrons. The summed E-state index contributed by atoms with van der Waals surface area (Å²) < 4.78 is 5.87. The van der Waals surface area contributed by atoms with E-state index in [-0.39, 0.29) is 5.60 Å². The van der Waals surface area contributed by atoms with Crippen LogP contribution >= 0.6 is 0 Å². The van der Waals surface area contributed by atoms with Crippen molar-refractivity contribution in [3.05, 3.63) is 0 Å². The summed E-state index contributed by atoms with van der Waals surface area (Å²) in [4.78, 5) is 7.96. The van der Waals surface area contributed by atoms with Crippen LogP contribution in [0.5, 0.6) is 0 Å². The van der Waals surface area contributed by atoms with E-state index in [1.54, 1.807) is 0 Å². The van der Waals surface area contributed by atoms with Gasteiger partial charge in [-0.1, -0.05) is 0 Å². The van der Waals surface area contributed by atoms with Crippen LogP contribution in [0.1, 0.15) is 54.4 Å². The van der Waals surface area contributed by atoms with Crippen molar-refractivity contribution in [1.82, 2.24) is 14.7 Å². The number of piperidine rings is 1. The summed E-state index contributed by atoms with van der Waals surface area (Å²) in [5, 5.41) is 0. The number of rotatable bonds is 5. The first-order valence-electron chi connectivity index (χ1n) is 10.4. The second kappa shape index (κ2) is 7.10. The molecule has 0 bridgehead atoms. The van der Waals surface area contributed by atoms with Gasteiger partial charge in [-0.15, -0.1) is 0 Å². The van der Waals surface area contributed by atoms with Gasteiger partial charge in [0, 0.05) is 50.2 Å². The van der Waals surface area contributed by atoms with Gasteiger partial charge < -0.3 is 14.5 Å². The summed E-state index contributed by atoms with van der Waals surface area (Å²) in [6.45, 7) is 24.6. The van der Waals surface area contributed by atoms with Crippen molar-refractivity contribution < 1.29 is 4.74 Å². The third-order valence-electron chi connectivity index (χ3n) is 6.29. The highest BCUT2D eigenvalue weighted by atomic mass is 16.5. The maximum absolute atomic E-state index is 5.87. The minimum atomic E-state index is -0.00409. The van der Waals surface area contributed by atoms with Crippen LogP contribution in [0.2, 0.25) is 0 Å². The molecule has 0 radical (unpaired) electrons. The Kier molecular flexibility index (Phi) is 5.57. The van der Waals surface area contributed by atoms with Crippen molar-refractivity contribution in [2.24, 2.45) is 11.3 Å². The minimum absolute atomic E-state index is 0.00409. The lowest BCUT2D eigenvalue weighted by molar-refractivity contribution is -0.148. The van der Waals surface area contributed by atoms with E-state index in [2.05, 4.69) is 56.2 Å². The number of likely N-dealkylation sites (tertiary alicyclic amines) is 3. The average Bonchev–Trinajstić information content (AvgIpc) is 2.38. The van der Waals surface area contributed by atoms with Crippen molar-refractivity contribution in [3.63, 3.8) is 0 Å². The molecule has 0 unspecified atom stereocenters. The molecule has 3 aliphatic rings. The molecule has 0 aromatic rings. The van der Waals surface area contributed by atoms with Crippen molar-refractivity contribution in [2.45, 2.75) is 65.5 Å². The lowest BCUT2D eigenvalue weighted by atomic mass is 9.70. The van der Waals surface area contributed by atoms with Gasteiger partial charge in [-0.05, 0) is 73.4 Å². The molecule has 4 nitrogen and oxygen atoms in total. The normalized spacial score (nSPS) is 26.6. The molecule has 3 saturated heterocycles. The molecule has 0 aliphatic carbocycles. The lowest BCUT2D eigenvalue weighted by Gasteiger charge is -2.64. The van der Waals surface area contributed by atoms with Crippen LogP contribution in [-0.4, -0.2) is 84.8 Å². The van der Waals surface area contributed by atoms with E-state index in [9.17, 15) is 0 Å². The van der Waals surface area contributed by atoms with Crippen LogP contribution in [0.25, 0.3) is 0 Å². The topological polar surface area (TPSA) is 19.0 Å². The van der Waals surface area contributed by atoms with E-state index in [4.69, 9.17) is 4.74 Å². The Morgan fingerprint density at radius 3 is 2.00 bits per heavy atom. The standard InChI is InChI=1S/C21H41N3O/c1-19(2,3)24-16-21(17-24)14-23(15-21)13-18-7-9-22(10-8-18)11-12-25-20(4,5)6/h18H,7-17H2,1-6H3. The van der Waals surface area contributed by atoms with Crippen molar-refractivity contribution in [3.8, 4) is 0 Å². The summed E-state index contributed by atoms with van der Waals surface area (Å²) in [5.41, 5.74) is 1.00. The summed E-state index contributed by atoms with van der Waals surface area (Å²) in [6.07, 6.45) is 2.74. The second-order valence-corrected chi connectivity index (χ2v) is 10.9. The highest BCUT2D eigenvalue weighted by Crippen LogP contribution is 2.43. The van der Waals surface area contributed by atoms with Crippen LogP contribution in [0.15, 0.2) is 0 Å². The zero-order valence-electron chi connectivity index (χ0n) is 17.6. The molecule has 3 fully saturated rings. The van der Waals surface area contributed by atoms with Gasteiger partial charge in [-0.3, -0.25) is 4.90 Å². The third kappa shape index (κ3) is 5.18. The molecular weight excluding hydrogens is 310 g/mol. The van der Waals surface area contributed by atoms with E-state index < -0.39 is 0 Å². The fourth-order valence-corrected chi connectivity index (χ4v) is 4.71. The average molecular weight is 352 g/mol. The van der Waals surface area contributed by atoms with E-state index in [1.165, 1.54) is 58.7 Å². The number of nitrogens with zero attached hydrogens (tertiary/aromatic N) is 3. The SMILES string of the molecule is CC(C)(C)OCCN1CCC(CN2CC3(C2)CN(C(C)(C)C)C3)CC1. The van der Waals surface area contributed by atoms with Crippen molar-refractivity contribution >= 4 is 0 Å². The lowest BCUT2D eigenvalue weighted by Crippen LogP contribution is -2.75. The maximum atomic E-state index is 5.87. The molecule has 0 atom stereocenters. The van der Waals surface area contributed by atoms with Gasteiger partial charge in [-0.2, -0.15) is 0 Å². The van der Waals surface area contributed by atoms with Crippen molar-refractivity contribution in [2.75, 3.05) is 59.0 Å². The fourth-order valence-electron chi connectivity index (χ4n) is 4.71. The van der Waals surface area contributed by atoms with Crippen LogP contribution < -0.4 is 0 Å². The van der Waals surface area contributed by atoms with Crippen LogP contribution in [0, 0.1) is 11.3 Å². The Labute approximate surface area is 155 Å². The highest BCUT2D eigenvalue weighted by molar-refractivity contribution is 5.08. The first-order valence-corrected chi connectivity index (χ1v) is 10.4. The summed E-state index contributed by atoms with van der Waals surface area (Å²) >= 11 is 0. The largest absolute Gasteiger partial charge is 0.375 e. The molecule has 3 aliphatic heterocycles. The Morgan fingerprint density at radius 1 is 0.880 bits per heavy atom. The van der Waals surface area contributed by atoms with E-state index in [1.807, 2.05) is 0 Å². The fraction of sp³-hybridized carbons (Fsp3) is 1.00. The predicted octanol–water partition coefficient (Wildman–Crippen LogP) is 2.93. The zero-order chi connectivity index (χ0) is 18.3. The second-order valence-electron chi connectivity index (χ2n) is 10.9. The zero-order valence-corrected chi connectivity index (χ0v) is 17.6. The number of hydrogen-bond acceptors (Lipinski definition) is 4. The molecule has 0 amide bonds. The van der Waals surface area contributed by atoms with Gasteiger partial charge in [-0.25, -0.2) is 0 Å². The minimum Gasteiger partial charge on any atom is -0.375 e. The summed E-state index contributed by atoms with van der Waals surface area (Å²) in [5.74, 6) is 0.913. The van der Waals surface area contributed by atoms with Gasteiger partial charge in [0.25, 0.3) is 0 Å². The highest BCUT2D eigenvalue weighted by Gasteiger charge is 2.53. The summed E-state index contributed by atoms with van der Waals surface area (Å²) in [7, 11) is 0. The Bertz CT molecular complexity index is 429. The monoisotopic (exact) mass is 351 g/mol. The van der Waals surface area contributed by atoms with Gasteiger partial charge in [0.05, 0.1) is 12.2 Å². The van der Waals surface area contributed by atoms with Crippen LogP contribution in [0.4, 0.5) is 0 Å². The molecule has 0 aromatic carbocycles. The Balaban J connectivity index is 1.27. The molecular formula is C21H41N3O. The van der Waals surface area contributed by atoms with E-state index >= 15 is 0 Å². The molecule has 1 spiro atoms. The molecule has 3 rings (SSSR count). The number of hydrogen-bond donors (Lipinski definition) is 0. The predicted molar refractivity (Wildman–Crippen MR) is 105 cm³/mol. The molecule has 0 saturated carbocycles. The molecule has 0 N–H and O–H groups in total. The molecule has 3 heterocycles. The van der Waals surface area contributed by atoms with E-state index in [0.717, 1.165) is 19.1 Å². The smallest absolute Gasteiger partial charge is 0.0600 e.